The van der Waals surface area contributed by atoms with E-state index in [0.29, 0.717) is 19.0 Å². The number of nitrogens with zero attached hydrogens (tertiary/aromatic N) is 2. The lowest BCUT2D eigenvalue weighted by molar-refractivity contribution is -0.132. The molecule has 4 rings (SSSR count). The molecule has 2 saturated carbocycles. The molecule has 1 spiro atoms. The van der Waals surface area contributed by atoms with Crippen LogP contribution in [0.1, 0.15) is 44.9 Å². The van der Waals surface area contributed by atoms with Crippen LogP contribution in [0.25, 0.3) is 0 Å². The van der Waals surface area contributed by atoms with Gasteiger partial charge in [-0.25, -0.2) is 4.79 Å². The molecule has 20 heavy (non-hydrogen) atoms. The molecule has 108 valence electrons. The minimum atomic E-state index is -0.660. The van der Waals surface area contributed by atoms with Gasteiger partial charge in [-0.3, -0.25) is 14.5 Å². The lowest BCUT2D eigenvalue weighted by Crippen LogP contribution is -2.46. The Labute approximate surface area is 117 Å². The van der Waals surface area contributed by atoms with E-state index in [2.05, 4.69) is 5.32 Å². The van der Waals surface area contributed by atoms with Crippen LogP contribution < -0.4 is 5.32 Å². The zero-order chi connectivity index (χ0) is 13.9. The maximum absolute atomic E-state index is 12.6. The number of imide groups is 1. The molecule has 2 aliphatic heterocycles. The van der Waals surface area contributed by atoms with Gasteiger partial charge in [0, 0.05) is 19.0 Å². The summed E-state index contributed by atoms with van der Waals surface area (Å²) in [5.41, 5.74) is -0.660. The predicted octanol–water partition coefficient (Wildman–Crippen LogP) is 0.614. The van der Waals surface area contributed by atoms with Crippen molar-refractivity contribution in [3.8, 4) is 0 Å². The summed E-state index contributed by atoms with van der Waals surface area (Å²) in [6, 6.07) is -0.211. The zero-order valence-electron chi connectivity index (χ0n) is 11.4. The van der Waals surface area contributed by atoms with Crippen molar-refractivity contribution in [1.82, 2.24) is 15.1 Å². The van der Waals surface area contributed by atoms with Crippen molar-refractivity contribution >= 4 is 17.8 Å². The molecule has 0 radical (unpaired) electrons. The van der Waals surface area contributed by atoms with E-state index in [1.807, 2.05) is 4.90 Å². The Morgan fingerprint density at radius 2 is 1.75 bits per heavy atom. The van der Waals surface area contributed by atoms with Crippen LogP contribution in [0.3, 0.4) is 0 Å². The smallest absolute Gasteiger partial charge is 0.325 e. The third kappa shape index (κ3) is 1.60. The quantitative estimate of drug-likeness (QED) is 0.752. The van der Waals surface area contributed by atoms with Crippen molar-refractivity contribution in [3.63, 3.8) is 0 Å². The van der Waals surface area contributed by atoms with Gasteiger partial charge in [-0.15, -0.1) is 0 Å². The van der Waals surface area contributed by atoms with Crippen LogP contribution in [0.5, 0.6) is 0 Å². The van der Waals surface area contributed by atoms with Crippen molar-refractivity contribution in [2.45, 2.75) is 62.6 Å². The van der Waals surface area contributed by atoms with Crippen molar-refractivity contribution in [1.29, 1.82) is 0 Å². The van der Waals surface area contributed by atoms with Crippen LogP contribution in [0.2, 0.25) is 0 Å². The SMILES string of the molecule is O=C1CC(N2C(=O)NC3(CCCC3)C2=O)CN1C1CC1. The van der Waals surface area contributed by atoms with E-state index in [9.17, 15) is 14.4 Å². The fourth-order valence-corrected chi connectivity index (χ4v) is 3.91. The Kier molecular flexibility index (Phi) is 2.41. The maximum Gasteiger partial charge on any atom is 0.325 e. The average Bonchev–Trinajstić information content (AvgIpc) is 2.94. The normalized spacial score (nSPS) is 32.6. The summed E-state index contributed by atoms with van der Waals surface area (Å²) in [6.07, 6.45) is 5.86. The van der Waals surface area contributed by atoms with E-state index in [4.69, 9.17) is 0 Å². The number of nitrogens with one attached hydrogen (secondary N) is 1. The van der Waals surface area contributed by atoms with Gasteiger partial charge in [0.2, 0.25) is 5.91 Å². The van der Waals surface area contributed by atoms with E-state index in [1.165, 1.54) is 4.90 Å². The monoisotopic (exact) mass is 277 g/mol. The molecular weight excluding hydrogens is 258 g/mol. The minimum absolute atomic E-state index is 0.0884. The summed E-state index contributed by atoms with van der Waals surface area (Å²) in [5.74, 6) is -0.0130. The first-order chi connectivity index (χ1) is 9.61. The lowest BCUT2D eigenvalue weighted by atomic mass is 9.97. The highest BCUT2D eigenvalue weighted by molar-refractivity contribution is 6.08. The van der Waals surface area contributed by atoms with Gasteiger partial charge in [0.05, 0.1) is 6.04 Å². The number of amides is 4. The fraction of sp³-hybridized carbons (Fsp3) is 0.786. The van der Waals surface area contributed by atoms with Crippen LogP contribution in [-0.2, 0) is 9.59 Å². The van der Waals surface area contributed by atoms with Gasteiger partial charge in [0.15, 0.2) is 0 Å². The molecule has 2 aliphatic carbocycles. The molecule has 0 aromatic rings. The Morgan fingerprint density at radius 1 is 1.05 bits per heavy atom. The molecule has 4 aliphatic rings. The Morgan fingerprint density at radius 3 is 2.40 bits per heavy atom. The van der Waals surface area contributed by atoms with E-state index in [-0.39, 0.29) is 23.9 Å². The number of rotatable bonds is 2. The van der Waals surface area contributed by atoms with Crippen molar-refractivity contribution in [3.05, 3.63) is 0 Å². The molecule has 2 heterocycles. The molecule has 1 N–H and O–H groups in total. The van der Waals surface area contributed by atoms with Gasteiger partial charge in [-0.1, -0.05) is 12.8 Å². The van der Waals surface area contributed by atoms with Gasteiger partial charge in [0.25, 0.3) is 5.91 Å². The predicted molar refractivity (Wildman–Crippen MR) is 69.7 cm³/mol. The lowest BCUT2D eigenvalue weighted by Gasteiger charge is -2.23. The first-order valence-corrected chi connectivity index (χ1v) is 7.56. The standard InChI is InChI=1S/C14H19N3O3/c18-11-7-10(8-16(11)9-3-4-9)17-12(19)14(15-13(17)20)5-1-2-6-14/h9-10H,1-8H2,(H,15,20). The second-order valence-corrected chi connectivity index (χ2v) is 6.53. The molecule has 0 aromatic carbocycles. The van der Waals surface area contributed by atoms with Gasteiger partial charge in [-0.2, -0.15) is 0 Å². The number of carbonyl (C=O) groups excluding carboxylic acids is 3. The van der Waals surface area contributed by atoms with Crippen LogP contribution in [0.15, 0.2) is 0 Å². The minimum Gasteiger partial charge on any atom is -0.338 e. The first-order valence-electron chi connectivity index (χ1n) is 7.56. The highest BCUT2D eigenvalue weighted by Gasteiger charge is 2.56. The summed E-state index contributed by atoms with van der Waals surface area (Å²) in [7, 11) is 0. The third-order valence-electron chi connectivity index (χ3n) is 5.14. The van der Waals surface area contributed by atoms with Crippen molar-refractivity contribution in [2.75, 3.05) is 6.54 Å². The van der Waals surface area contributed by atoms with Gasteiger partial charge >= 0.3 is 6.03 Å². The number of hydrogen-bond acceptors (Lipinski definition) is 3. The van der Waals surface area contributed by atoms with Crippen LogP contribution in [0.4, 0.5) is 4.79 Å². The molecule has 4 amide bonds. The molecular formula is C14H19N3O3. The molecule has 2 saturated heterocycles. The molecule has 1 atom stereocenters. The van der Waals surface area contributed by atoms with Crippen molar-refractivity contribution in [2.24, 2.45) is 0 Å². The second-order valence-electron chi connectivity index (χ2n) is 6.53. The summed E-state index contributed by atoms with van der Waals surface area (Å²) in [6.45, 7) is 0.527. The topological polar surface area (TPSA) is 69.7 Å². The summed E-state index contributed by atoms with van der Waals surface area (Å²) >= 11 is 0. The van der Waals surface area contributed by atoms with E-state index >= 15 is 0 Å². The number of urea groups is 1. The zero-order valence-corrected chi connectivity index (χ0v) is 11.4. The van der Waals surface area contributed by atoms with Gasteiger partial charge in [-0.05, 0) is 25.7 Å². The fourth-order valence-electron chi connectivity index (χ4n) is 3.91. The van der Waals surface area contributed by atoms with E-state index in [0.717, 1.165) is 38.5 Å². The van der Waals surface area contributed by atoms with Crippen molar-refractivity contribution < 1.29 is 14.4 Å². The van der Waals surface area contributed by atoms with Crippen LogP contribution in [0, 0.1) is 0 Å². The Hall–Kier alpha value is -1.59. The maximum atomic E-state index is 12.6. The van der Waals surface area contributed by atoms with E-state index < -0.39 is 5.54 Å². The summed E-state index contributed by atoms with van der Waals surface area (Å²) in [5, 5.41) is 2.89. The average molecular weight is 277 g/mol. The number of carbonyl (C=O) groups is 3. The molecule has 6 nitrogen and oxygen atoms in total. The summed E-state index contributed by atoms with van der Waals surface area (Å²) < 4.78 is 0. The molecule has 1 unspecified atom stereocenters. The highest BCUT2D eigenvalue weighted by atomic mass is 16.2. The number of hydrogen-bond donors (Lipinski definition) is 1. The van der Waals surface area contributed by atoms with Gasteiger partial charge < -0.3 is 10.2 Å². The Bertz CT molecular complexity index is 494. The number of likely N-dealkylation sites (tertiary alicyclic amines) is 1. The van der Waals surface area contributed by atoms with Gasteiger partial charge in [0.1, 0.15) is 5.54 Å². The Balaban J connectivity index is 1.55. The van der Waals surface area contributed by atoms with Crippen LogP contribution in [-0.4, -0.2) is 51.8 Å². The highest BCUT2D eigenvalue weighted by Crippen LogP contribution is 2.38. The third-order valence-corrected chi connectivity index (χ3v) is 5.14. The molecule has 0 bridgehead atoms. The van der Waals surface area contributed by atoms with Crippen LogP contribution >= 0.6 is 0 Å². The molecule has 6 heteroatoms. The second kappa shape index (κ2) is 3.96. The summed E-state index contributed by atoms with van der Waals surface area (Å²) in [4.78, 5) is 40.0. The largest absolute Gasteiger partial charge is 0.338 e. The van der Waals surface area contributed by atoms with E-state index in [1.54, 1.807) is 0 Å². The molecule has 0 aromatic heterocycles. The molecule has 4 fully saturated rings. The first kappa shape index (κ1) is 12.2.